The molecule has 1 N–H and O–H groups in total. The first-order chi connectivity index (χ1) is 12.1. The molecule has 4 heterocycles. The number of aromatic nitrogens is 4. The van der Waals surface area contributed by atoms with Crippen molar-refractivity contribution in [3.05, 3.63) is 64.0 Å². The van der Waals surface area contributed by atoms with Gasteiger partial charge in [-0.3, -0.25) is 19.7 Å². The molecule has 4 rings (SSSR count). The molecule has 0 spiro atoms. The standard InChI is InChI=1S/C18H19N5O2/c1-12-10-17(24)23-16(20-12)11-14(21-23)15-7-3-5-9-22(15)18(25)13-6-2-4-8-19-13/h2,4,6,8,10-11,15,21H,3,5,7,9H2,1H3/t15-/m0/s1. The highest BCUT2D eigenvalue weighted by molar-refractivity contribution is 5.92. The Hall–Kier alpha value is -2.96. The number of carbonyl (C=O) groups is 1. The van der Waals surface area contributed by atoms with E-state index in [0.717, 1.165) is 25.0 Å². The highest BCUT2D eigenvalue weighted by Gasteiger charge is 2.30. The van der Waals surface area contributed by atoms with Crippen LogP contribution in [0.3, 0.4) is 0 Å². The first kappa shape index (κ1) is 15.6. The lowest BCUT2D eigenvalue weighted by Gasteiger charge is -2.34. The Labute approximate surface area is 144 Å². The Kier molecular flexibility index (Phi) is 3.83. The number of amides is 1. The number of piperidine rings is 1. The highest BCUT2D eigenvalue weighted by Crippen LogP contribution is 2.31. The largest absolute Gasteiger partial charge is 0.329 e. The van der Waals surface area contributed by atoms with Gasteiger partial charge in [-0.15, -0.1) is 0 Å². The van der Waals surface area contributed by atoms with Crippen LogP contribution in [0.4, 0.5) is 0 Å². The summed E-state index contributed by atoms with van der Waals surface area (Å²) < 4.78 is 1.43. The number of hydrogen-bond donors (Lipinski definition) is 1. The molecule has 7 nitrogen and oxygen atoms in total. The van der Waals surface area contributed by atoms with Crippen molar-refractivity contribution in [3.63, 3.8) is 0 Å². The molecule has 0 aliphatic carbocycles. The smallest absolute Gasteiger partial charge is 0.273 e. The lowest BCUT2D eigenvalue weighted by molar-refractivity contribution is 0.0599. The first-order valence-electron chi connectivity index (χ1n) is 8.45. The van der Waals surface area contributed by atoms with Crippen LogP contribution in [-0.4, -0.2) is 36.9 Å². The van der Waals surface area contributed by atoms with Crippen molar-refractivity contribution in [2.75, 3.05) is 6.54 Å². The molecular weight excluding hydrogens is 318 g/mol. The Bertz CT molecular complexity index is 976. The molecule has 0 aromatic carbocycles. The molecule has 128 valence electrons. The van der Waals surface area contributed by atoms with Gasteiger partial charge in [0.05, 0.1) is 11.7 Å². The average Bonchev–Trinajstić information content (AvgIpc) is 3.06. The number of aryl methyl sites for hydroxylation is 1. The summed E-state index contributed by atoms with van der Waals surface area (Å²) in [5.74, 6) is -0.0829. The zero-order chi connectivity index (χ0) is 17.4. The molecule has 1 fully saturated rings. The SMILES string of the molecule is Cc1cc(=O)n2[nH]c([C@@H]3CCCCN3C(=O)c3ccccn3)cc2n1. The molecule has 1 aliphatic rings. The second-order valence-electron chi connectivity index (χ2n) is 6.37. The molecule has 0 unspecified atom stereocenters. The van der Waals surface area contributed by atoms with Gasteiger partial charge in [-0.05, 0) is 38.3 Å². The van der Waals surface area contributed by atoms with Gasteiger partial charge in [0.25, 0.3) is 11.5 Å². The van der Waals surface area contributed by atoms with E-state index in [4.69, 9.17) is 0 Å². The van der Waals surface area contributed by atoms with Gasteiger partial charge in [-0.25, -0.2) is 9.50 Å². The molecule has 7 heteroatoms. The van der Waals surface area contributed by atoms with Gasteiger partial charge >= 0.3 is 0 Å². The Balaban J connectivity index is 1.73. The number of aromatic amines is 1. The maximum absolute atomic E-state index is 12.9. The number of nitrogens with one attached hydrogen (secondary N) is 1. The minimum Gasteiger partial charge on any atom is -0.329 e. The molecule has 1 atom stereocenters. The molecule has 0 saturated carbocycles. The topological polar surface area (TPSA) is 83.4 Å². The quantitative estimate of drug-likeness (QED) is 0.776. The maximum Gasteiger partial charge on any atom is 0.273 e. The predicted octanol–water partition coefficient (Wildman–Crippen LogP) is 2.09. The molecule has 3 aromatic heterocycles. The first-order valence-corrected chi connectivity index (χ1v) is 8.45. The number of fused-ring (bicyclic) bond motifs is 1. The summed E-state index contributed by atoms with van der Waals surface area (Å²) >= 11 is 0. The van der Waals surface area contributed by atoms with E-state index in [0.29, 0.717) is 23.6 Å². The summed E-state index contributed by atoms with van der Waals surface area (Å²) in [5.41, 5.74) is 2.39. The molecular formula is C18H19N5O2. The van der Waals surface area contributed by atoms with Gasteiger partial charge < -0.3 is 4.90 Å². The van der Waals surface area contributed by atoms with Crippen LogP contribution >= 0.6 is 0 Å². The molecule has 1 aliphatic heterocycles. The van der Waals surface area contributed by atoms with Crippen molar-refractivity contribution >= 4 is 11.6 Å². The molecule has 3 aromatic rings. The van der Waals surface area contributed by atoms with Crippen molar-refractivity contribution < 1.29 is 4.79 Å². The lowest BCUT2D eigenvalue weighted by Crippen LogP contribution is -2.39. The van der Waals surface area contributed by atoms with Gasteiger partial charge in [0.15, 0.2) is 5.65 Å². The number of carbonyl (C=O) groups excluding carboxylic acids is 1. The van der Waals surface area contributed by atoms with E-state index in [-0.39, 0.29) is 17.5 Å². The van der Waals surface area contributed by atoms with E-state index in [9.17, 15) is 9.59 Å². The van der Waals surface area contributed by atoms with Gasteiger partial charge in [0, 0.05) is 30.6 Å². The van der Waals surface area contributed by atoms with E-state index >= 15 is 0 Å². The van der Waals surface area contributed by atoms with Crippen molar-refractivity contribution in [2.45, 2.75) is 32.2 Å². The van der Waals surface area contributed by atoms with E-state index in [1.807, 2.05) is 17.0 Å². The van der Waals surface area contributed by atoms with Gasteiger partial charge in [0.1, 0.15) is 5.69 Å². The maximum atomic E-state index is 12.9. The highest BCUT2D eigenvalue weighted by atomic mass is 16.2. The molecule has 0 radical (unpaired) electrons. The normalized spacial score (nSPS) is 17.8. The van der Waals surface area contributed by atoms with Crippen LogP contribution in [0.15, 0.2) is 41.3 Å². The van der Waals surface area contributed by atoms with Crippen LogP contribution in [0, 0.1) is 6.92 Å². The van der Waals surface area contributed by atoms with Crippen LogP contribution in [0.2, 0.25) is 0 Å². The van der Waals surface area contributed by atoms with Crippen LogP contribution in [0.1, 0.15) is 47.2 Å². The third-order valence-electron chi connectivity index (χ3n) is 4.60. The van der Waals surface area contributed by atoms with Crippen LogP contribution in [-0.2, 0) is 0 Å². The summed E-state index contributed by atoms with van der Waals surface area (Å²) in [4.78, 5) is 35.4. The minimum atomic E-state index is -0.146. The lowest BCUT2D eigenvalue weighted by atomic mass is 9.99. The number of likely N-dealkylation sites (tertiary alicyclic amines) is 1. The number of H-pyrrole nitrogens is 1. The van der Waals surface area contributed by atoms with Crippen molar-refractivity contribution in [1.82, 2.24) is 24.5 Å². The Morgan fingerprint density at radius 2 is 2.16 bits per heavy atom. The number of rotatable bonds is 2. The van der Waals surface area contributed by atoms with E-state index < -0.39 is 0 Å². The Morgan fingerprint density at radius 3 is 2.96 bits per heavy atom. The number of hydrogen-bond acceptors (Lipinski definition) is 4. The summed E-state index contributed by atoms with van der Waals surface area (Å²) in [6.07, 6.45) is 4.47. The van der Waals surface area contributed by atoms with Crippen LogP contribution in [0.25, 0.3) is 5.65 Å². The van der Waals surface area contributed by atoms with E-state index in [1.165, 1.54) is 10.6 Å². The van der Waals surface area contributed by atoms with Gasteiger partial charge in [-0.2, -0.15) is 0 Å². The molecule has 0 bridgehead atoms. The van der Waals surface area contributed by atoms with Gasteiger partial charge in [0.2, 0.25) is 0 Å². The van der Waals surface area contributed by atoms with Crippen molar-refractivity contribution in [1.29, 1.82) is 0 Å². The average molecular weight is 337 g/mol. The summed E-state index contributed by atoms with van der Waals surface area (Å²) in [6, 6.07) is 8.59. The van der Waals surface area contributed by atoms with Gasteiger partial charge in [-0.1, -0.05) is 6.07 Å². The summed E-state index contributed by atoms with van der Waals surface area (Å²) in [5, 5.41) is 3.12. The number of nitrogens with zero attached hydrogens (tertiary/aromatic N) is 4. The fourth-order valence-corrected chi connectivity index (χ4v) is 3.43. The molecule has 1 amide bonds. The zero-order valence-electron chi connectivity index (χ0n) is 14.0. The molecule has 25 heavy (non-hydrogen) atoms. The summed E-state index contributed by atoms with van der Waals surface area (Å²) in [6.45, 7) is 2.47. The fraction of sp³-hybridized carbons (Fsp3) is 0.333. The fourth-order valence-electron chi connectivity index (χ4n) is 3.43. The number of pyridine rings is 1. The van der Waals surface area contributed by atoms with Crippen LogP contribution < -0.4 is 5.56 Å². The predicted molar refractivity (Wildman–Crippen MR) is 92.4 cm³/mol. The monoisotopic (exact) mass is 337 g/mol. The zero-order valence-corrected chi connectivity index (χ0v) is 14.0. The Morgan fingerprint density at radius 1 is 1.28 bits per heavy atom. The molecule has 1 saturated heterocycles. The third-order valence-corrected chi connectivity index (χ3v) is 4.60. The second kappa shape index (κ2) is 6.16. The van der Waals surface area contributed by atoms with E-state index in [2.05, 4.69) is 15.1 Å². The van der Waals surface area contributed by atoms with E-state index in [1.54, 1.807) is 25.3 Å². The van der Waals surface area contributed by atoms with Crippen molar-refractivity contribution in [3.8, 4) is 0 Å². The second-order valence-corrected chi connectivity index (χ2v) is 6.37. The minimum absolute atomic E-state index is 0.0829. The summed E-state index contributed by atoms with van der Waals surface area (Å²) in [7, 11) is 0. The third kappa shape index (κ3) is 2.82. The van der Waals surface area contributed by atoms with Crippen molar-refractivity contribution in [2.24, 2.45) is 0 Å². The van der Waals surface area contributed by atoms with Crippen LogP contribution in [0.5, 0.6) is 0 Å².